The SMILES string of the molecule is C[C@H](NC(=O)[C@H](CO)NC(=O)[C@H](CCC(=O)O)NC(=O)[C@@H](N)CCC(=O)O)C(=O)N[C@@H](CO)C(=O)N1CCC[C@H]1C(=O)N[C@@H](C)C(=O)N[C@@H](CCCN=C(N)N)C(=O)O. The predicted octanol–water partition coefficient (Wildman–Crippen LogP) is -6.89. The minimum atomic E-state index is -1.75. The van der Waals surface area contributed by atoms with Crippen molar-refractivity contribution in [3.8, 4) is 0 Å². The molecule has 0 aliphatic carbocycles. The molecule has 0 bridgehead atoms. The van der Waals surface area contributed by atoms with Crippen molar-refractivity contribution in [1.29, 1.82) is 0 Å². The molecule has 7 amide bonds. The van der Waals surface area contributed by atoms with E-state index in [1.165, 1.54) is 6.92 Å². The number of hydrogen-bond acceptors (Lipinski definition) is 14. The van der Waals surface area contributed by atoms with E-state index in [2.05, 4.69) is 36.9 Å². The van der Waals surface area contributed by atoms with E-state index in [0.717, 1.165) is 11.8 Å². The Morgan fingerprint density at radius 1 is 0.661 bits per heavy atom. The molecule has 332 valence electrons. The third-order valence-corrected chi connectivity index (χ3v) is 8.80. The molecule has 26 nitrogen and oxygen atoms in total. The average Bonchev–Trinajstić information content (AvgIpc) is 3.67. The van der Waals surface area contributed by atoms with Gasteiger partial charge in [-0.3, -0.25) is 48.1 Å². The maximum absolute atomic E-state index is 13.4. The van der Waals surface area contributed by atoms with Gasteiger partial charge < -0.3 is 79.5 Å². The lowest BCUT2D eigenvalue weighted by Gasteiger charge is -2.29. The van der Waals surface area contributed by atoms with E-state index >= 15 is 0 Å². The summed E-state index contributed by atoms with van der Waals surface area (Å²) in [5.74, 6) is -10.9. The molecule has 26 heteroatoms. The van der Waals surface area contributed by atoms with Crippen LogP contribution in [-0.4, -0.2) is 170 Å². The van der Waals surface area contributed by atoms with Crippen molar-refractivity contribution < 1.29 is 73.5 Å². The standard InChI is InChI=1S/C33H55N11O15/c1-15(38-29(55)20(13-45)42-28(54)18(8-10-24(49)50)40-27(53)17(34)7-9-23(47)48)26(52)43-21(14-46)31(57)44-12-4-6-22(44)30(56)39-16(2)25(51)41-19(32(58)59)5-3-11-37-33(35)36/h15-22,45-46H,3-14,34H2,1-2H3,(H,38,55)(H,39,56)(H,40,53)(H,41,51)(H,42,54)(H,43,52)(H,47,48)(H,49,50)(H,58,59)(H4,35,36,37)/t15-,16-,17-,18-,19-,20-,21-,22-/m0/s1. The number of carboxylic acids is 3. The number of aliphatic hydroxyl groups is 2. The normalized spacial score (nSPS) is 17.0. The number of amides is 7. The third kappa shape index (κ3) is 17.9. The number of rotatable bonds is 26. The van der Waals surface area contributed by atoms with Gasteiger partial charge in [0.2, 0.25) is 41.4 Å². The van der Waals surface area contributed by atoms with Crippen LogP contribution >= 0.6 is 0 Å². The molecule has 0 aromatic carbocycles. The van der Waals surface area contributed by atoms with Crippen LogP contribution in [0.2, 0.25) is 0 Å². The zero-order valence-corrected chi connectivity index (χ0v) is 32.5. The Morgan fingerprint density at radius 3 is 1.71 bits per heavy atom. The summed E-state index contributed by atoms with van der Waals surface area (Å²) in [7, 11) is 0. The summed E-state index contributed by atoms with van der Waals surface area (Å²) in [6.07, 6.45) is -1.24. The van der Waals surface area contributed by atoms with Crippen LogP contribution in [0.25, 0.3) is 0 Å². The van der Waals surface area contributed by atoms with Crippen LogP contribution in [0, 0.1) is 0 Å². The number of nitrogens with two attached hydrogens (primary N) is 3. The highest BCUT2D eigenvalue weighted by molar-refractivity contribution is 5.97. The van der Waals surface area contributed by atoms with Crippen molar-refractivity contribution in [2.45, 2.75) is 114 Å². The van der Waals surface area contributed by atoms with Crippen molar-refractivity contribution in [2.75, 3.05) is 26.3 Å². The van der Waals surface area contributed by atoms with Crippen molar-refractivity contribution in [2.24, 2.45) is 22.2 Å². The number of carbonyl (C=O) groups is 10. The molecule has 0 spiro atoms. The maximum atomic E-state index is 13.4. The van der Waals surface area contributed by atoms with Gasteiger partial charge in [0.15, 0.2) is 5.96 Å². The minimum Gasteiger partial charge on any atom is -0.481 e. The van der Waals surface area contributed by atoms with Crippen LogP contribution in [0.4, 0.5) is 0 Å². The maximum Gasteiger partial charge on any atom is 0.326 e. The Balaban J connectivity index is 2.89. The summed E-state index contributed by atoms with van der Waals surface area (Å²) in [6.45, 7) is 0.605. The van der Waals surface area contributed by atoms with E-state index in [1.807, 2.05) is 0 Å². The molecule has 17 N–H and O–H groups in total. The Hall–Kier alpha value is -6.15. The number of aliphatic hydroxyl groups excluding tert-OH is 2. The first-order chi connectivity index (χ1) is 27.6. The van der Waals surface area contributed by atoms with Crippen molar-refractivity contribution in [1.82, 2.24) is 36.8 Å². The Kier molecular flexibility index (Phi) is 21.8. The second-order valence-electron chi connectivity index (χ2n) is 13.5. The summed E-state index contributed by atoms with van der Waals surface area (Å²) in [4.78, 5) is 129. The number of guanidine groups is 1. The van der Waals surface area contributed by atoms with Gasteiger partial charge in [-0.15, -0.1) is 0 Å². The topological polar surface area (TPSA) is 438 Å². The van der Waals surface area contributed by atoms with E-state index in [0.29, 0.717) is 6.42 Å². The largest absolute Gasteiger partial charge is 0.481 e. The Labute approximate surface area is 337 Å². The molecule has 1 aliphatic heterocycles. The smallest absolute Gasteiger partial charge is 0.326 e. The minimum absolute atomic E-state index is 0.0209. The summed E-state index contributed by atoms with van der Waals surface area (Å²) < 4.78 is 0. The molecule has 1 saturated heterocycles. The number of carbonyl (C=O) groups excluding carboxylic acids is 7. The second kappa shape index (κ2) is 25.3. The van der Waals surface area contributed by atoms with Crippen molar-refractivity contribution in [3.05, 3.63) is 0 Å². The number of aliphatic carboxylic acids is 3. The van der Waals surface area contributed by atoms with Crippen LogP contribution in [0.1, 0.15) is 65.2 Å². The summed E-state index contributed by atoms with van der Waals surface area (Å²) in [6, 6.07) is -11.5. The number of nitrogens with zero attached hydrogens (tertiary/aromatic N) is 2. The second-order valence-corrected chi connectivity index (χ2v) is 13.5. The first kappa shape index (κ1) is 50.9. The van der Waals surface area contributed by atoms with Gasteiger partial charge in [-0.25, -0.2) is 4.79 Å². The summed E-state index contributed by atoms with van der Waals surface area (Å²) in [5.41, 5.74) is 16.1. The fourth-order valence-electron chi connectivity index (χ4n) is 5.49. The molecule has 0 unspecified atom stereocenters. The van der Waals surface area contributed by atoms with Gasteiger partial charge >= 0.3 is 17.9 Å². The van der Waals surface area contributed by atoms with Gasteiger partial charge in [-0.1, -0.05) is 0 Å². The number of likely N-dealkylation sites (tertiary alicyclic amines) is 1. The lowest BCUT2D eigenvalue weighted by atomic mass is 10.1. The quantitative estimate of drug-likeness (QED) is 0.0218. The fraction of sp³-hybridized carbons (Fsp3) is 0.667. The Morgan fingerprint density at radius 2 is 1.17 bits per heavy atom. The van der Waals surface area contributed by atoms with Gasteiger partial charge in [0.05, 0.1) is 19.3 Å². The molecule has 0 radical (unpaired) electrons. The molecule has 1 fully saturated rings. The number of hydrogen-bond donors (Lipinski definition) is 14. The highest BCUT2D eigenvalue weighted by atomic mass is 16.4. The molecule has 1 rings (SSSR count). The number of aliphatic imine (C=N–C) groups is 1. The van der Waals surface area contributed by atoms with Crippen LogP contribution in [-0.2, 0) is 47.9 Å². The van der Waals surface area contributed by atoms with E-state index in [4.69, 9.17) is 27.4 Å². The number of carboxylic acid groups (broad SMARTS) is 3. The molecular weight excluding hydrogens is 790 g/mol. The van der Waals surface area contributed by atoms with Crippen molar-refractivity contribution >= 4 is 65.2 Å². The first-order valence-electron chi connectivity index (χ1n) is 18.4. The summed E-state index contributed by atoms with van der Waals surface area (Å²) in [5, 5.41) is 60.7. The molecular formula is C33H55N11O15. The molecule has 1 aliphatic rings. The molecule has 8 atom stereocenters. The van der Waals surface area contributed by atoms with E-state index < -0.39 is 140 Å². The van der Waals surface area contributed by atoms with Gasteiger partial charge in [0, 0.05) is 25.9 Å². The molecule has 59 heavy (non-hydrogen) atoms. The fourth-order valence-corrected chi connectivity index (χ4v) is 5.49. The summed E-state index contributed by atoms with van der Waals surface area (Å²) >= 11 is 0. The monoisotopic (exact) mass is 845 g/mol. The Bertz CT molecular complexity index is 1580. The van der Waals surface area contributed by atoms with Gasteiger partial charge in [0.25, 0.3) is 0 Å². The first-order valence-corrected chi connectivity index (χ1v) is 18.4. The van der Waals surface area contributed by atoms with Crippen LogP contribution in [0.5, 0.6) is 0 Å². The third-order valence-electron chi connectivity index (χ3n) is 8.80. The zero-order valence-electron chi connectivity index (χ0n) is 32.5. The van der Waals surface area contributed by atoms with Crippen LogP contribution in [0.15, 0.2) is 4.99 Å². The number of nitrogens with one attached hydrogen (secondary N) is 6. The highest BCUT2D eigenvalue weighted by Crippen LogP contribution is 2.19. The van der Waals surface area contributed by atoms with Gasteiger partial charge in [-0.05, 0) is 52.4 Å². The predicted molar refractivity (Wildman–Crippen MR) is 201 cm³/mol. The molecule has 1 heterocycles. The van der Waals surface area contributed by atoms with E-state index in [-0.39, 0.29) is 44.7 Å². The lowest BCUT2D eigenvalue weighted by Crippen LogP contribution is -2.60. The van der Waals surface area contributed by atoms with E-state index in [9.17, 15) is 63.3 Å². The van der Waals surface area contributed by atoms with Gasteiger partial charge in [-0.2, -0.15) is 0 Å². The average molecular weight is 846 g/mol. The highest BCUT2D eigenvalue weighted by Gasteiger charge is 2.39. The van der Waals surface area contributed by atoms with E-state index in [1.54, 1.807) is 0 Å². The molecule has 0 saturated carbocycles. The van der Waals surface area contributed by atoms with Crippen LogP contribution < -0.4 is 49.1 Å². The van der Waals surface area contributed by atoms with Crippen molar-refractivity contribution in [3.63, 3.8) is 0 Å². The van der Waals surface area contributed by atoms with Crippen LogP contribution in [0.3, 0.4) is 0 Å². The molecule has 0 aromatic rings. The van der Waals surface area contributed by atoms with Gasteiger partial charge in [0.1, 0.15) is 42.3 Å². The molecule has 0 aromatic heterocycles. The lowest BCUT2D eigenvalue weighted by molar-refractivity contribution is -0.144. The zero-order chi connectivity index (χ0) is 45.0.